The predicted molar refractivity (Wildman–Crippen MR) is 46.9 cm³/mol. The molecule has 0 aromatic carbocycles. The average molecular weight is 232 g/mol. The maximum Gasteiger partial charge on any atom is 0.500 e. The third-order valence-electron chi connectivity index (χ3n) is 1.88. The molecule has 7 heteroatoms. The van der Waals surface area contributed by atoms with Crippen LogP contribution in [0.25, 0.3) is 0 Å². The topological polar surface area (TPSA) is 27.7 Å². The Morgan fingerprint density at radius 2 is 1.43 bits per heavy atom. The maximum absolute atomic E-state index is 11.8. The molecule has 0 aliphatic heterocycles. The van der Waals surface area contributed by atoms with Gasteiger partial charge in [0.1, 0.15) is 0 Å². The molecule has 0 heterocycles. The summed E-state index contributed by atoms with van der Waals surface area (Å²) in [5, 5.41) is 0. The first-order chi connectivity index (χ1) is 6.39. The van der Waals surface area contributed by atoms with Crippen LogP contribution < -0.4 is 0 Å². The quantitative estimate of drug-likeness (QED) is 0.657. The van der Waals surface area contributed by atoms with Crippen molar-refractivity contribution in [3.05, 3.63) is 0 Å². The molecule has 0 spiro atoms. The molecule has 0 saturated heterocycles. The SMILES string of the molecule is CO[Si](CCCC(F)(F)F)(OC)OC. The van der Waals surface area contributed by atoms with Crippen LogP contribution in [0.3, 0.4) is 0 Å². The Morgan fingerprint density at radius 1 is 1.00 bits per heavy atom. The summed E-state index contributed by atoms with van der Waals surface area (Å²) in [7, 11) is 1.33. The number of rotatable bonds is 6. The minimum atomic E-state index is -4.13. The second-order valence-corrected chi connectivity index (χ2v) is 5.85. The minimum absolute atomic E-state index is 0.0365. The monoisotopic (exact) mass is 232 g/mol. The molecule has 0 unspecified atom stereocenters. The van der Waals surface area contributed by atoms with Gasteiger partial charge < -0.3 is 13.3 Å². The zero-order valence-electron chi connectivity index (χ0n) is 8.48. The van der Waals surface area contributed by atoms with E-state index in [0.29, 0.717) is 0 Å². The lowest BCUT2D eigenvalue weighted by Crippen LogP contribution is -2.42. The van der Waals surface area contributed by atoms with E-state index in [2.05, 4.69) is 0 Å². The van der Waals surface area contributed by atoms with E-state index in [9.17, 15) is 13.2 Å². The van der Waals surface area contributed by atoms with Crippen LogP contribution in [-0.4, -0.2) is 36.3 Å². The average Bonchev–Trinajstić information content (AvgIpc) is 2.11. The summed E-state index contributed by atoms with van der Waals surface area (Å²) in [5.74, 6) is 0. The van der Waals surface area contributed by atoms with Crippen molar-refractivity contribution in [1.29, 1.82) is 0 Å². The Labute approximate surface area is 82.5 Å². The molecule has 0 aromatic heterocycles. The smallest absolute Gasteiger partial charge is 0.377 e. The molecule has 0 fully saturated rings. The summed E-state index contributed by atoms with van der Waals surface area (Å²) in [5.41, 5.74) is 0. The van der Waals surface area contributed by atoms with E-state index in [1.54, 1.807) is 0 Å². The van der Waals surface area contributed by atoms with Crippen molar-refractivity contribution in [2.75, 3.05) is 21.3 Å². The standard InChI is InChI=1S/C7H15F3O3Si/c1-11-14(12-2,13-3)6-4-5-7(8,9)10/h4-6H2,1-3H3. The Morgan fingerprint density at radius 3 is 1.71 bits per heavy atom. The van der Waals surface area contributed by atoms with Crippen molar-refractivity contribution in [2.45, 2.75) is 25.1 Å². The number of alkyl halides is 3. The first-order valence-corrected chi connectivity index (χ1v) is 6.04. The molecule has 86 valence electrons. The van der Waals surface area contributed by atoms with Crippen LogP contribution in [0.5, 0.6) is 0 Å². The second kappa shape index (κ2) is 5.69. The van der Waals surface area contributed by atoms with Crippen LogP contribution in [0.2, 0.25) is 6.04 Å². The predicted octanol–water partition coefficient (Wildman–Crippen LogP) is 2.21. The Kier molecular flexibility index (Phi) is 5.65. The van der Waals surface area contributed by atoms with Crippen LogP contribution in [0.1, 0.15) is 12.8 Å². The second-order valence-electron chi connectivity index (χ2n) is 2.76. The van der Waals surface area contributed by atoms with Gasteiger partial charge in [0.15, 0.2) is 0 Å². The Bertz CT molecular complexity index is 150. The highest BCUT2D eigenvalue weighted by Gasteiger charge is 2.38. The van der Waals surface area contributed by atoms with Crippen LogP contribution in [0.4, 0.5) is 13.2 Å². The highest BCUT2D eigenvalue weighted by atomic mass is 28.4. The maximum atomic E-state index is 11.8. The molecule has 14 heavy (non-hydrogen) atoms. The first-order valence-electron chi connectivity index (χ1n) is 4.11. The van der Waals surface area contributed by atoms with Crippen molar-refractivity contribution in [3.63, 3.8) is 0 Å². The normalized spacial score (nSPS) is 13.3. The lowest BCUT2D eigenvalue weighted by Gasteiger charge is -2.24. The molecule has 0 amide bonds. The van der Waals surface area contributed by atoms with E-state index in [1.807, 2.05) is 0 Å². The van der Waals surface area contributed by atoms with Crippen molar-refractivity contribution < 1.29 is 26.4 Å². The van der Waals surface area contributed by atoms with Crippen molar-refractivity contribution in [3.8, 4) is 0 Å². The molecule has 0 saturated carbocycles. The van der Waals surface area contributed by atoms with Gasteiger partial charge in [0, 0.05) is 33.8 Å². The van der Waals surface area contributed by atoms with Gasteiger partial charge in [-0.25, -0.2) is 0 Å². The Balaban J connectivity index is 3.95. The molecule has 0 bridgehead atoms. The fourth-order valence-electron chi connectivity index (χ4n) is 1.06. The number of halogens is 3. The molecule has 0 aromatic rings. The molecule has 0 N–H and O–H groups in total. The fourth-order valence-corrected chi connectivity index (χ4v) is 2.78. The highest BCUT2D eigenvalue weighted by molar-refractivity contribution is 6.60. The first kappa shape index (κ1) is 13.9. The molecule has 0 rings (SSSR count). The lowest BCUT2D eigenvalue weighted by atomic mass is 10.3. The van der Waals surface area contributed by atoms with Gasteiger partial charge in [0.05, 0.1) is 0 Å². The van der Waals surface area contributed by atoms with Gasteiger partial charge >= 0.3 is 15.0 Å². The summed E-state index contributed by atoms with van der Waals surface area (Å²) in [6, 6.07) is 0.177. The zero-order valence-corrected chi connectivity index (χ0v) is 9.48. The van der Waals surface area contributed by atoms with Gasteiger partial charge in [0.2, 0.25) is 0 Å². The molecular weight excluding hydrogens is 217 g/mol. The van der Waals surface area contributed by atoms with Gasteiger partial charge in [0.25, 0.3) is 0 Å². The van der Waals surface area contributed by atoms with E-state index in [1.165, 1.54) is 21.3 Å². The molecule has 0 aliphatic carbocycles. The largest absolute Gasteiger partial charge is 0.500 e. The van der Waals surface area contributed by atoms with E-state index >= 15 is 0 Å². The third kappa shape index (κ3) is 4.94. The van der Waals surface area contributed by atoms with E-state index in [0.717, 1.165) is 0 Å². The summed E-state index contributed by atoms with van der Waals surface area (Å²) in [4.78, 5) is 0. The highest BCUT2D eigenvalue weighted by Crippen LogP contribution is 2.25. The van der Waals surface area contributed by atoms with Crippen molar-refractivity contribution in [1.82, 2.24) is 0 Å². The van der Waals surface area contributed by atoms with E-state index in [-0.39, 0.29) is 12.5 Å². The van der Waals surface area contributed by atoms with Crippen LogP contribution in [0.15, 0.2) is 0 Å². The van der Waals surface area contributed by atoms with Gasteiger partial charge in [-0.05, 0) is 6.42 Å². The zero-order chi connectivity index (χ0) is 11.2. The van der Waals surface area contributed by atoms with Gasteiger partial charge in [-0.2, -0.15) is 13.2 Å². The van der Waals surface area contributed by atoms with Crippen LogP contribution in [0, 0.1) is 0 Å². The molecule has 3 nitrogen and oxygen atoms in total. The summed E-state index contributed by atoms with van der Waals surface area (Å²) < 4.78 is 50.4. The Hall–Kier alpha value is -0.113. The molecule has 0 aliphatic rings. The fraction of sp³-hybridized carbons (Fsp3) is 1.00. The molecule has 0 radical (unpaired) electrons. The van der Waals surface area contributed by atoms with Crippen LogP contribution >= 0.6 is 0 Å². The number of hydrogen-bond donors (Lipinski definition) is 0. The van der Waals surface area contributed by atoms with Crippen LogP contribution in [-0.2, 0) is 13.3 Å². The minimum Gasteiger partial charge on any atom is -0.377 e. The van der Waals surface area contributed by atoms with Gasteiger partial charge in [-0.3, -0.25) is 0 Å². The summed E-state index contributed by atoms with van der Waals surface area (Å²) in [6.07, 6.45) is -5.00. The number of hydrogen-bond acceptors (Lipinski definition) is 3. The van der Waals surface area contributed by atoms with Gasteiger partial charge in [-0.1, -0.05) is 0 Å². The van der Waals surface area contributed by atoms with Gasteiger partial charge in [-0.15, -0.1) is 0 Å². The lowest BCUT2D eigenvalue weighted by molar-refractivity contribution is -0.135. The van der Waals surface area contributed by atoms with E-state index in [4.69, 9.17) is 13.3 Å². The summed E-state index contributed by atoms with van der Waals surface area (Å²) in [6.45, 7) is 0. The van der Waals surface area contributed by atoms with E-state index < -0.39 is 21.4 Å². The third-order valence-corrected chi connectivity index (χ3v) is 4.71. The van der Waals surface area contributed by atoms with Crippen molar-refractivity contribution >= 4 is 8.80 Å². The molecule has 0 atom stereocenters. The van der Waals surface area contributed by atoms with Crippen molar-refractivity contribution in [2.24, 2.45) is 0 Å². The summed E-state index contributed by atoms with van der Waals surface area (Å²) >= 11 is 0. The molecular formula is C7H15F3O3Si.